The number of hydrogen-bond donors (Lipinski definition) is 0. The molecular formula is C11H12O3. The van der Waals surface area contributed by atoms with E-state index in [9.17, 15) is 4.79 Å². The molecule has 74 valence electrons. The number of epoxide rings is 1. The van der Waals surface area contributed by atoms with Gasteiger partial charge in [-0.15, -0.1) is 0 Å². The lowest BCUT2D eigenvalue weighted by atomic mass is 10.1. The maximum Gasteiger partial charge on any atom is 0.338 e. The van der Waals surface area contributed by atoms with Crippen LogP contribution in [0.1, 0.15) is 17.2 Å². The summed E-state index contributed by atoms with van der Waals surface area (Å²) in [4.78, 5) is 11.1. The summed E-state index contributed by atoms with van der Waals surface area (Å²) in [6, 6.07) is 7.96. The first-order valence-electron chi connectivity index (χ1n) is 4.52. The zero-order chi connectivity index (χ0) is 10.1. The Morgan fingerprint density at radius 3 is 2.57 bits per heavy atom. The van der Waals surface area contributed by atoms with E-state index >= 15 is 0 Å². The maximum atomic E-state index is 11.1. The van der Waals surface area contributed by atoms with Crippen LogP contribution in [0, 0.1) is 6.92 Å². The van der Waals surface area contributed by atoms with Crippen molar-refractivity contribution in [1.82, 2.24) is 0 Å². The molecule has 0 saturated carbocycles. The van der Waals surface area contributed by atoms with Crippen LogP contribution < -0.4 is 0 Å². The number of ether oxygens (including phenoxy) is 2. The fraction of sp³-hybridized carbons (Fsp3) is 0.364. The summed E-state index contributed by atoms with van der Waals surface area (Å²) in [7, 11) is 1.37. The molecule has 14 heavy (non-hydrogen) atoms. The summed E-state index contributed by atoms with van der Waals surface area (Å²) in [5.74, 6) is -0.296. The molecule has 0 amide bonds. The van der Waals surface area contributed by atoms with Gasteiger partial charge in [0.2, 0.25) is 0 Å². The molecule has 0 unspecified atom stereocenters. The summed E-state index contributed by atoms with van der Waals surface area (Å²) in [5.41, 5.74) is 2.23. The van der Waals surface area contributed by atoms with Gasteiger partial charge in [0.25, 0.3) is 0 Å². The first-order chi connectivity index (χ1) is 6.72. The van der Waals surface area contributed by atoms with E-state index in [2.05, 4.69) is 4.74 Å². The second-order valence-corrected chi connectivity index (χ2v) is 3.41. The van der Waals surface area contributed by atoms with Crippen molar-refractivity contribution in [2.75, 3.05) is 7.11 Å². The zero-order valence-electron chi connectivity index (χ0n) is 8.19. The minimum atomic E-state index is -0.400. The van der Waals surface area contributed by atoms with Crippen LogP contribution in [0.3, 0.4) is 0 Å². The van der Waals surface area contributed by atoms with Crippen molar-refractivity contribution in [1.29, 1.82) is 0 Å². The Morgan fingerprint density at radius 1 is 1.36 bits per heavy atom. The molecule has 1 fully saturated rings. The fourth-order valence-electron chi connectivity index (χ4n) is 1.42. The minimum absolute atomic E-state index is 0.108. The smallest absolute Gasteiger partial charge is 0.338 e. The number of hydrogen-bond acceptors (Lipinski definition) is 3. The number of aryl methyl sites for hydroxylation is 1. The predicted molar refractivity (Wildman–Crippen MR) is 50.8 cm³/mol. The molecule has 1 saturated heterocycles. The molecule has 0 N–H and O–H groups in total. The molecule has 0 radical (unpaired) electrons. The van der Waals surface area contributed by atoms with Crippen LogP contribution in [0.4, 0.5) is 0 Å². The fourth-order valence-corrected chi connectivity index (χ4v) is 1.42. The van der Waals surface area contributed by atoms with Crippen LogP contribution in [0.5, 0.6) is 0 Å². The predicted octanol–water partition coefficient (Wildman–Crippen LogP) is 1.61. The van der Waals surface area contributed by atoms with Crippen LogP contribution in [-0.4, -0.2) is 19.2 Å². The molecule has 0 bridgehead atoms. The van der Waals surface area contributed by atoms with Gasteiger partial charge in [-0.25, -0.2) is 4.79 Å². The van der Waals surface area contributed by atoms with E-state index in [4.69, 9.17) is 4.74 Å². The van der Waals surface area contributed by atoms with Gasteiger partial charge in [-0.2, -0.15) is 0 Å². The van der Waals surface area contributed by atoms with E-state index < -0.39 is 6.10 Å². The monoisotopic (exact) mass is 192 g/mol. The molecule has 1 aromatic carbocycles. The van der Waals surface area contributed by atoms with Gasteiger partial charge < -0.3 is 9.47 Å². The first kappa shape index (κ1) is 9.21. The third-order valence-electron chi connectivity index (χ3n) is 2.33. The average Bonchev–Trinajstić information content (AvgIpc) is 2.98. The average molecular weight is 192 g/mol. The molecule has 2 atom stereocenters. The van der Waals surface area contributed by atoms with E-state index in [0.29, 0.717) is 0 Å². The van der Waals surface area contributed by atoms with Gasteiger partial charge >= 0.3 is 5.97 Å². The second-order valence-electron chi connectivity index (χ2n) is 3.41. The number of methoxy groups -OCH3 is 1. The van der Waals surface area contributed by atoms with Crippen LogP contribution in [0.25, 0.3) is 0 Å². The lowest BCUT2D eigenvalue weighted by molar-refractivity contribution is -0.142. The van der Waals surface area contributed by atoms with E-state index in [1.54, 1.807) is 0 Å². The Labute approximate surface area is 82.6 Å². The van der Waals surface area contributed by atoms with Crippen molar-refractivity contribution in [3.05, 3.63) is 35.4 Å². The van der Waals surface area contributed by atoms with Gasteiger partial charge in [0.15, 0.2) is 6.10 Å². The molecular weight excluding hydrogens is 180 g/mol. The third kappa shape index (κ3) is 1.63. The highest BCUT2D eigenvalue weighted by Crippen LogP contribution is 2.39. The van der Waals surface area contributed by atoms with Crippen LogP contribution in [0.2, 0.25) is 0 Å². The molecule has 0 spiro atoms. The van der Waals surface area contributed by atoms with Crippen molar-refractivity contribution in [3.63, 3.8) is 0 Å². The zero-order valence-corrected chi connectivity index (χ0v) is 8.19. The summed E-state index contributed by atoms with van der Waals surface area (Å²) in [6.07, 6.45) is -0.509. The molecule has 2 rings (SSSR count). The Hall–Kier alpha value is -1.35. The standard InChI is InChI=1S/C11H12O3/c1-7-3-5-8(6-4-7)9-10(14-9)11(12)13-2/h3-6,9-10H,1-2H3/t9-,10+/m0/s1. The highest BCUT2D eigenvalue weighted by Gasteiger charge is 2.46. The molecule has 3 nitrogen and oxygen atoms in total. The van der Waals surface area contributed by atoms with Crippen molar-refractivity contribution >= 4 is 5.97 Å². The number of carbonyl (C=O) groups excluding carboxylic acids is 1. The van der Waals surface area contributed by atoms with Crippen molar-refractivity contribution in [3.8, 4) is 0 Å². The van der Waals surface area contributed by atoms with E-state index in [0.717, 1.165) is 5.56 Å². The van der Waals surface area contributed by atoms with E-state index in [-0.39, 0.29) is 12.1 Å². The number of benzene rings is 1. The number of esters is 1. The van der Waals surface area contributed by atoms with Gasteiger partial charge in [0, 0.05) is 0 Å². The van der Waals surface area contributed by atoms with Crippen LogP contribution >= 0.6 is 0 Å². The molecule has 3 heteroatoms. The highest BCUT2D eigenvalue weighted by atomic mass is 16.6. The van der Waals surface area contributed by atoms with E-state index in [1.165, 1.54) is 12.7 Å². The first-order valence-corrected chi connectivity index (χ1v) is 4.52. The van der Waals surface area contributed by atoms with Gasteiger partial charge in [-0.1, -0.05) is 29.8 Å². The Kier molecular flexibility index (Phi) is 2.25. The van der Waals surface area contributed by atoms with Gasteiger partial charge in [0.05, 0.1) is 7.11 Å². The molecule has 0 aromatic heterocycles. The molecule has 0 aliphatic carbocycles. The Bertz CT molecular complexity index is 342. The lowest BCUT2D eigenvalue weighted by Gasteiger charge is -1.96. The normalized spacial score (nSPS) is 24.4. The minimum Gasteiger partial charge on any atom is -0.467 e. The topological polar surface area (TPSA) is 38.8 Å². The van der Waals surface area contributed by atoms with Gasteiger partial charge in [-0.3, -0.25) is 0 Å². The second kappa shape index (κ2) is 3.42. The largest absolute Gasteiger partial charge is 0.467 e. The van der Waals surface area contributed by atoms with Crippen molar-refractivity contribution in [2.24, 2.45) is 0 Å². The van der Waals surface area contributed by atoms with Crippen LogP contribution in [-0.2, 0) is 14.3 Å². The highest BCUT2D eigenvalue weighted by molar-refractivity contribution is 5.78. The van der Waals surface area contributed by atoms with E-state index in [1.807, 2.05) is 31.2 Å². The van der Waals surface area contributed by atoms with Crippen molar-refractivity contribution < 1.29 is 14.3 Å². The van der Waals surface area contributed by atoms with Crippen molar-refractivity contribution in [2.45, 2.75) is 19.1 Å². The van der Waals surface area contributed by atoms with Gasteiger partial charge in [-0.05, 0) is 12.5 Å². The third-order valence-corrected chi connectivity index (χ3v) is 2.33. The number of carbonyl (C=O) groups is 1. The number of rotatable bonds is 2. The molecule has 1 aromatic rings. The lowest BCUT2D eigenvalue weighted by Crippen LogP contribution is -2.09. The summed E-state index contributed by atoms with van der Waals surface area (Å²) >= 11 is 0. The van der Waals surface area contributed by atoms with Crippen LogP contribution in [0.15, 0.2) is 24.3 Å². The Morgan fingerprint density at radius 2 is 2.00 bits per heavy atom. The summed E-state index contributed by atoms with van der Waals surface area (Å²) < 4.78 is 9.81. The molecule has 1 aliphatic rings. The summed E-state index contributed by atoms with van der Waals surface area (Å²) in [5, 5.41) is 0. The Balaban J connectivity index is 2.06. The maximum absolute atomic E-state index is 11.1. The SMILES string of the molecule is COC(=O)[C@@H]1O[C@H]1c1ccc(C)cc1. The molecule has 1 heterocycles. The molecule has 1 aliphatic heterocycles. The van der Waals surface area contributed by atoms with Gasteiger partial charge in [0.1, 0.15) is 6.10 Å². The summed E-state index contributed by atoms with van der Waals surface area (Å²) in [6.45, 7) is 2.02. The quantitative estimate of drug-likeness (QED) is 0.527.